The first kappa shape index (κ1) is 11.2. The van der Waals surface area contributed by atoms with Crippen LogP contribution in [-0.2, 0) is 13.7 Å². The summed E-state index contributed by atoms with van der Waals surface area (Å²) < 4.78 is 1.87. The lowest BCUT2D eigenvalue weighted by Crippen LogP contribution is -1.97. The third-order valence-corrected chi connectivity index (χ3v) is 3.30. The Morgan fingerprint density at radius 3 is 2.69 bits per heavy atom. The average Bonchev–Trinajstić information content (AvgIpc) is 2.63. The van der Waals surface area contributed by atoms with Gasteiger partial charge in [0.2, 0.25) is 0 Å². The predicted molar refractivity (Wildman–Crippen MR) is 62.2 cm³/mol. The summed E-state index contributed by atoms with van der Waals surface area (Å²) in [6.45, 7) is 2.01. The summed E-state index contributed by atoms with van der Waals surface area (Å²) in [6, 6.07) is 3.98. The van der Waals surface area contributed by atoms with Gasteiger partial charge in [-0.3, -0.25) is 0 Å². The fraction of sp³-hybridized carbons (Fsp3) is 0.273. The highest BCUT2D eigenvalue weighted by atomic mass is 32.2. The summed E-state index contributed by atoms with van der Waals surface area (Å²) in [5.74, 6) is 0. The molecule has 0 aliphatic carbocycles. The van der Waals surface area contributed by atoms with Gasteiger partial charge in [0, 0.05) is 13.2 Å². The summed E-state index contributed by atoms with van der Waals surface area (Å²) >= 11 is 1.49. The fourth-order valence-corrected chi connectivity index (χ4v) is 2.06. The lowest BCUT2D eigenvalue weighted by Gasteiger charge is -2.03. The Balaban J connectivity index is 2.20. The average molecular weight is 235 g/mol. The topological polar surface area (TPSA) is 50.9 Å². The number of aryl methyl sites for hydroxylation is 1. The number of rotatable bonds is 3. The quantitative estimate of drug-likeness (QED) is 0.881. The normalized spacial score (nSPS) is 10.7. The number of hydrogen-bond donors (Lipinski definition) is 1. The summed E-state index contributed by atoms with van der Waals surface area (Å²) in [7, 11) is 1.88. The van der Waals surface area contributed by atoms with E-state index < -0.39 is 0 Å². The molecule has 2 aromatic rings. The van der Waals surface area contributed by atoms with Crippen LogP contribution in [0, 0.1) is 6.92 Å². The van der Waals surface area contributed by atoms with E-state index in [1.54, 1.807) is 6.20 Å². The first-order valence-corrected chi connectivity index (χ1v) is 5.74. The minimum absolute atomic E-state index is 0.00534. The molecule has 0 aliphatic rings. The maximum Gasteiger partial charge on any atom is 0.174 e. The van der Waals surface area contributed by atoms with Crippen LogP contribution in [-0.4, -0.2) is 19.6 Å². The molecule has 0 aliphatic heterocycles. The Morgan fingerprint density at radius 2 is 2.12 bits per heavy atom. The first-order chi connectivity index (χ1) is 7.70. The molecule has 0 saturated heterocycles. The summed E-state index contributed by atoms with van der Waals surface area (Å²) in [5.41, 5.74) is 1.94. The van der Waals surface area contributed by atoms with Gasteiger partial charge in [-0.25, -0.2) is 9.97 Å². The highest BCUT2D eigenvalue weighted by Crippen LogP contribution is 2.24. The SMILES string of the molecule is Cc1ccc(Sc2ncc(CO)n2C)nc1. The van der Waals surface area contributed by atoms with Gasteiger partial charge < -0.3 is 9.67 Å². The van der Waals surface area contributed by atoms with Crippen LogP contribution in [0.3, 0.4) is 0 Å². The molecule has 4 nitrogen and oxygen atoms in total. The van der Waals surface area contributed by atoms with E-state index in [2.05, 4.69) is 9.97 Å². The highest BCUT2D eigenvalue weighted by Gasteiger charge is 2.07. The Morgan fingerprint density at radius 1 is 1.31 bits per heavy atom. The molecule has 2 heterocycles. The van der Waals surface area contributed by atoms with Crippen molar-refractivity contribution in [3.05, 3.63) is 35.8 Å². The smallest absolute Gasteiger partial charge is 0.174 e. The molecule has 0 bridgehead atoms. The van der Waals surface area contributed by atoms with Crippen molar-refractivity contribution in [3.8, 4) is 0 Å². The fourth-order valence-electron chi connectivity index (χ4n) is 1.28. The molecule has 0 saturated carbocycles. The van der Waals surface area contributed by atoms with E-state index in [-0.39, 0.29) is 6.61 Å². The molecule has 0 spiro atoms. The molecular weight excluding hydrogens is 222 g/mol. The van der Waals surface area contributed by atoms with Gasteiger partial charge in [-0.15, -0.1) is 0 Å². The monoisotopic (exact) mass is 235 g/mol. The lowest BCUT2D eigenvalue weighted by molar-refractivity contribution is 0.271. The standard InChI is InChI=1S/C11H13N3OS/c1-8-3-4-10(12-5-8)16-11-13-6-9(7-15)14(11)2/h3-6,15H,7H2,1-2H3. The van der Waals surface area contributed by atoms with Gasteiger partial charge in [-0.2, -0.15) is 0 Å². The Labute approximate surface area is 98.4 Å². The Bertz CT molecular complexity index is 478. The van der Waals surface area contributed by atoms with Gasteiger partial charge >= 0.3 is 0 Å². The second-order valence-corrected chi connectivity index (χ2v) is 4.51. The molecule has 0 radical (unpaired) electrons. The maximum absolute atomic E-state index is 9.05. The van der Waals surface area contributed by atoms with Crippen LogP contribution < -0.4 is 0 Å². The van der Waals surface area contributed by atoms with Gasteiger partial charge in [0.25, 0.3) is 0 Å². The van der Waals surface area contributed by atoms with Gasteiger partial charge in [0.15, 0.2) is 5.16 Å². The molecule has 0 amide bonds. The molecule has 5 heteroatoms. The van der Waals surface area contributed by atoms with Crippen molar-refractivity contribution < 1.29 is 5.11 Å². The molecule has 2 rings (SSSR count). The van der Waals surface area contributed by atoms with E-state index in [9.17, 15) is 0 Å². The molecule has 0 atom stereocenters. The minimum atomic E-state index is 0.00534. The van der Waals surface area contributed by atoms with Crippen LogP contribution in [0.25, 0.3) is 0 Å². The second-order valence-electron chi connectivity index (χ2n) is 3.53. The minimum Gasteiger partial charge on any atom is -0.390 e. The van der Waals surface area contributed by atoms with Crippen LogP contribution in [0.4, 0.5) is 0 Å². The summed E-state index contributed by atoms with van der Waals surface area (Å²) in [6.07, 6.45) is 3.51. The number of pyridine rings is 1. The molecular formula is C11H13N3OS. The van der Waals surface area contributed by atoms with E-state index in [1.165, 1.54) is 11.8 Å². The van der Waals surface area contributed by atoms with Crippen LogP contribution in [0.15, 0.2) is 34.7 Å². The number of aromatic nitrogens is 3. The molecule has 0 fully saturated rings. The third-order valence-electron chi connectivity index (χ3n) is 2.28. The van der Waals surface area contributed by atoms with Gasteiger partial charge in [0.1, 0.15) is 5.03 Å². The van der Waals surface area contributed by atoms with E-state index in [1.807, 2.05) is 36.9 Å². The first-order valence-electron chi connectivity index (χ1n) is 4.92. The van der Waals surface area contributed by atoms with Crippen molar-refractivity contribution in [2.24, 2.45) is 7.05 Å². The lowest BCUT2D eigenvalue weighted by atomic mass is 10.3. The van der Waals surface area contributed by atoms with E-state index in [0.29, 0.717) is 0 Å². The highest BCUT2D eigenvalue weighted by molar-refractivity contribution is 7.99. The third kappa shape index (κ3) is 2.25. The van der Waals surface area contributed by atoms with Crippen molar-refractivity contribution in [2.75, 3.05) is 0 Å². The number of hydrogen-bond acceptors (Lipinski definition) is 4. The van der Waals surface area contributed by atoms with Gasteiger partial charge in [-0.1, -0.05) is 6.07 Å². The molecule has 1 N–H and O–H groups in total. The van der Waals surface area contributed by atoms with E-state index in [4.69, 9.17) is 5.11 Å². The Hall–Kier alpha value is -1.33. The van der Waals surface area contributed by atoms with Crippen molar-refractivity contribution >= 4 is 11.8 Å². The van der Waals surface area contributed by atoms with Crippen molar-refractivity contribution in [1.82, 2.24) is 14.5 Å². The number of nitrogens with zero attached hydrogens (tertiary/aromatic N) is 3. The van der Waals surface area contributed by atoms with Crippen molar-refractivity contribution in [3.63, 3.8) is 0 Å². The summed E-state index contributed by atoms with van der Waals surface area (Å²) in [5, 5.41) is 10.8. The van der Waals surface area contributed by atoms with E-state index in [0.717, 1.165) is 21.4 Å². The van der Waals surface area contributed by atoms with Crippen molar-refractivity contribution in [2.45, 2.75) is 23.7 Å². The maximum atomic E-state index is 9.05. The molecule has 2 aromatic heterocycles. The van der Waals surface area contributed by atoms with Crippen LogP contribution in [0.5, 0.6) is 0 Å². The molecule has 84 valence electrons. The second kappa shape index (κ2) is 4.67. The zero-order valence-corrected chi connectivity index (χ0v) is 10.0. The largest absolute Gasteiger partial charge is 0.390 e. The number of imidazole rings is 1. The van der Waals surface area contributed by atoms with E-state index >= 15 is 0 Å². The van der Waals surface area contributed by atoms with Crippen LogP contribution >= 0.6 is 11.8 Å². The van der Waals surface area contributed by atoms with Gasteiger partial charge in [0.05, 0.1) is 18.5 Å². The Kier molecular flexibility index (Phi) is 3.26. The predicted octanol–water partition coefficient (Wildman–Crippen LogP) is 1.77. The summed E-state index contributed by atoms with van der Waals surface area (Å²) in [4.78, 5) is 8.53. The number of aliphatic hydroxyl groups is 1. The van der Waals surface area contributed by atoms with Gasteiger partial charge in [-0.05, 0) is 30.3 Å². The molecule has 16 heavy (non-hydrogen) atoms. The molecule has 0 aromatic carbocycles. The molecule has 0 unspecified atom stereocenters. The van der Waals surface area contributed by atoms with Crippen molar-refractivity contribution in [1.29, 1.82) is 0 Å². The zero-order chi connectivity index (χ0) is 11.5. The zero-order valence-electron chi connectivity index (χ0n) is 9.21. The van der Waals surface area contributed by atoms with Crippen LogP contribution in [0.1, 0.15) is 11.3 Å². The number of aliphatic hydroxyl groups excluding tert-OH is 1. The van der Waals surface area contributed by atoms with Crippen LogP contribution in [0.2, 0.25) is 0 Å².